The van der Waals surface area contributed by atoms with Crippen molar-refractivity contribution >= 4 is 17.2 Å². The predicted octanol–water partition coefficient (Wildman–Crippen LogP) is 2.82. The number of nitrogens with zero attached hydrogens (tertiary/aromatic N) is 1. The van der Waals surface area contributed by atoms with Crippen LogP contribution in [-0.2, 0) is 0 Å². The van der Waals surface area contributed by atoms with Crippen LogP contribution in [-0.4, -0.2) is 36.1 Å². The highest BCUT2D eigenvalue weighted by atomic mass is 32.1. The molecular formula is C16H24N2OS. The van der Waals surface area contributed by atoms with Gasteiger partial charge in [0.15, 0.2) is 0 Å². The molecule has 1 heterocycles. The van der Waals surface area contributed by atoms with Crippen molar-refractivity contribution in [3.8, 4) is 5.75 Å². The van der Waals surface area contributed by atoms with Crippen molar-refractivity contribution < 1.29 is 4.74 Å². The van der Waals surface area contributed by atoms with Crippen molar-refractivity contribution in [3.05, 3.63) is 29.8 Å². The van der Waals surface area contributed by atoms with Gasteiger partial charge in [-0.05, 0) is 62.5 Å². The Morgan fingerprint density at radius 3 is 2.75 bits per heavy atom. The average Bonchev–Trinajstić information content (AvgIpc) is 2.64. The molecule has 0 aliphatic carbocycles. The number of rotatable bonds is 5. The lowest BCUT2D eigenvalue weighted by molar-refractivity contribution is 0.212. The molecule has 110 valence electrons. The minimum absolute atomic E-state index is 0.426. The van der Waals surface area contributed by atoms with Crippen molar-refractivity contribution in [2.24, 2.45) is 11.7 Å². The first kappa shape index (κ1) is 15.3. The van der Waals surface area contributed by atoms with Crippen LogP contribution in [0.2, 0.25) is 0 Å². The molecule has 1 unspecified atom stereocenters. The molecule has 4 heteroatoms. The Balaban J connectivity index is 1.73. The lowest BCUT2D eigenvalue weighted by Gasteiger charge is -2.20. The maximum absolute atomic E-state index is 5.79. The van der Waals surface area contributed by atoms with Gasteiger partial charge in [-0.3, -0.25) is 4.90 Å². The van der Waals surface area contributed by atoms with E-state index in [1.165, 1.54) is 32.4 Å². The fourth-order valence-corrected chi connectivity index (χ4v) is 2.69. The minimum Gasteiger partial charge on any atom is -0.492 e. The van der Waals surface area contributed by atoms with E-state index in [-0.39, 0.29) is 0 Å². The van der Waals surface area contributed by atoms with E-state index in [9.17, 15) is 0 Å². The van der Waals surface area contributed by atoms with E-state index in [1.807, 2.05) is 24.3 Å². The summed E-state index contributed by atoms with van der Waals surface area (Å²) in [6.45, 7) is 6.49. The predicted molar refractivity (Wildman–Crippen MR) is 87.3 cm³/mol. The first-order chi connectivity index (χ1) is 9.65. The summed E-state index contributed by atoms with van der Waals surface area (Å²) in [6, 6.07) is 7.68. The van der Waals surface area contributed by atoms with E-state index in [1.54, 1.807) is 0 Å². The highest BCUT2D eigenvalue weighted by Crippen LogP contribution is 2.16. The first-order valence-corrected chi connectivity index (χ1v) is 7.81. The Morgan fingerprint density at radius 1 is 1.30 bits per heavy atom. The normalized spacial score (nSPS) is 20.4. The molecule has 3 nitrogen and oxygen atoms in total. The van der Waals surface area contributed by atoms with Gasteiger partial charge in [0.2, 0.25) is 0 Å². The number of thiocarbonyl (C=S) groups is 1. The molecule has 0 bridgehead atoms. The molecule has 1 saturated heterocycles. The van der Waals surface area contributed by atoms with Crippen LogP contribution in [0.15, 0.2) is 24.3 Å². The molecule has 0 radical (unpaired) electrons. The Kier molecular flexibility index (Phi) is 5.80. The molecular weight excluding hydrogens is 268 g/mol. The first-order valence-electron chi connectivity index (χ1n) is 7.40. The summed E-state index contributed by atoms with van der Waals surface area (Å²) in [5, 5.41) is 0. The molecule has 1 fully saturated rings. The van der Waals surface area contributed by atoms with Crippen LogP contribution in [0, 0.1) is 5.92 Å². The quantitative estimate of drug-likeness (QED) is 0.847. The maximum atomic E-state index is 5.79. The summed E-state index contributed by atoms with van der Waals surface area (Å²) < 4.78 is 5.79. The van der Waals surface area contributed by atoms with E-state index < -0.39 is 0 Å². The molecule has 1 aromatic carbocycles. The van der Waals surface area contributed by atoms with E-state index in [0.29, 0.717) is 4.99 Å². The zero-order valence-electron chi connectivity index (χ0n) is 12.2. The van der Waals surface area contributed by atoms with Gasteiger partial charge >= 0.3 is 0 Å². The Hall–Kier alpha value is -1.13. The van der Waals surface area contributed by atoms with Crippen molar-refractivity contribution in [3.63, 3.8) is 0 Å². The van der Waals surface area contributed by atoms with Gasteiger partial charge in [-0.25, -0.2) is 0 Å². The largest absolute Gasteiger partial charge is 0.492 e. The molecule has 1 atom stereocenters. The van der Waals surface area contributed by atoms with Gasteiger partial charge in [-0.15, -0.1) is 0 Å². The number of benzene rings is 1. The average molecular weight is 292 g/mol. The van der Waals surface area contributed by atoms with E-state index in [0.717, 1.165) is 30.4 Å². The van der Waals surface area contributed by atoms with Gasteiger partial charge in [0.1, 0.15) is 17.3 Å². The highest BCUT2D eigenvalue weighted by molar-refractivity contribution is 7.80. The number of hydrogen-bond donors (Lipinski definition) is 1. The fraction of sp³-hybridized carbons (Fsp3) is 0.562. The van der Waals surface area contributed by atoms with E-state index >= 15 is 0 Å². The molecule has 0 spiro atoms. The smallest absolute Gasteiger partial charge is 0.119 e. The van der Waals surface area contributed by atoms with Gasteiger partial charge in [-0.2, -0.15) is 0 Å². The van der Waals surface area contributed by atoms with Gasteiger partial charge in [0.05, 0.1) is 0 Å². The third kappa shape index (κ3) is 4.76. The molecule has 2 N–H and O–H groups in total. The zero-order valence-corrected chi connectivity index (χ0v) is 13.0. The second-order valence-corrected chi connectivity index (χ2v) is 6.05. The van der Waals surface area contributed by atoms with Crippen molar-refractivity contribution in [2.75, 3.05) is 26.2 Å². The Morgan fingerprint density at radius 2 is 2.05 bits per heavy atom. The zero-order chi connectivity index (χ0) is 14.4. The Bertz CT molecular complexity index is 433. The fourth-order valence-electron chi connectivity index (χ4n) is 2.55. The molecule has 0 saturated carbocycles. The summed E-state index contributed by atoms with van der Waals surface area (Å²) in [4.78, 5) is 2.93. The number of likely N-dealkylation sites (tertiary alicyclic amines) is 1. The van der Waals surface area contributed by atoms with Crippen LogP contribution in [0.3, 0.4) is 0 Å². The second-order valence-electron chi connectivity index (χ2n) is 5.61. The molecule has 1 aliphatic rings. The van der Waals surface area contributed by atoms with Crippen LogP contribution in [0.5, 0.6) is 5.75 Å². The van der Waals surface area contributed by atoms with Gasteiger partial charge in [0.25, 0.3) is 0 Å². The molecule has 2 rings (SSSR count). The SMILES string of the molecule is CC1CCCN(CCOc2ccc(C(N)=S)cc2)CC1. The lowest BCUT2D eigenvalue weighted by atomic mass is 10.0. The Labute approximate surface area is 127 Å². The monoisotopic (exact) mass is 292 g/mol. The highest BCUT2D eigenvalue weighted by Gasteiger charge is 2.13. The summed E-state index contributed by atoms with van der Waals surface area (Å²) in [6.07, 6.45) is 3.98. The van der Waals surface area contributed by atoms with Crippen LogP contribution in [0.1, 0.15) is 31.7 Å². The third-order valence-corrected chi connectivity index (χ3v) is 4.16. The van der Waals surface area contributed by atoms with Crippen LogP contribution in [0.4, 0.5) is 0 Å². The van der Waals surface area contributed by atoms with Crippen molar-refractivity contribution in [2.45, 2.75) is 26.2 Å². The maximum Gasteiger partial charge on any atom is 0.119 e. The van der Waals surface area contributed by atoms with Gasteiger partial charge < -0.3 is 10.5 Å². The summed E-state index contributed by atoms with van der Waals surface area (Å²) in [5.41, 5.74) is 6.45. The standard InChI is InChI=1S/C16H24N2OS/c1-13-3-2-9-18(10-8-13)11-12-19-15-6-4-14(5-7-15)16(17)20/h4-7,13H,2-3,8-12H2,1H3,(H2,17,20). The second kappa shape index (κ2) is 7.60. The van der Waals surface area contributed by atoms with Crippen LogP contribution < -0.4 is 10.5 Å². The van der Waals surface area contributed by atoms with Crippen LogP contribution >= 0.6 is 12.2 Å². The molecule has 1 aromatic rings. The number of hydrogen-bond acceptors (Lipinski definition) is 3. The number of nitrogens with two attached hydrogens (primary N) is 1. The van der Waals surface area contributed by atoms with Gasteiger partial charge in [0, 0.05) is 12.1 Å². The minimum atomic E-state index is 0.426. The third-order valence-electron chi connectivity index (χ3n) is 3.92. The van der Waals surface area contributed by atoms with Crippen molar-refractivity contribution in [1.29, 1.82) is 0 Å². The summed E-state index contributed by atoms with van der Waals surface area (Å²) in [5.74, 6) is 1.75. The molecule has 1 aliphatic heterocycles. The molecule has 0 amide bonds. The van der Waals surface area contributed by atoms with Crippen LogP contribution in [0.25, 0.3) is 0 Å². The molecule has 20 heavy (non-hydrogen) atoms. The van der Waals surface area contributed by atoms with Gasteiger partial charge in [-0.1, -0.05) is 19.1 Å². The van der Waals surface area contributed by atoms with E-state index in [4.69, 9.17) is 22.7 Å². The topological polar surface area (TPSA) is 38.5 Å². The summed E-state index contributed by atoms with van der Waals surface area (Å²) >= 11 is 4.93. The summed E-state index contributed by atoms with van der Waals surface area (Å²) in [7, 11) is 0. The lowest BCUT2D eigenvalue weighted by Crippen LogP contribution is -2.29. The van der Waals surface area contributed by atoms with Crippen molar-refractivity contribution in [1.82, 2.24) is 4.90 Å². The van der Waals surface area contributed by atoms with E-state index in [2.05, 4.69) is 11.8 Å². The number of ether oxygens (including phenoxy) is 1. The molecule has 0 aromatic heterocycles.